The van der Waals surface area contributed by atoms with E-state index in [1.54, 1.807) is 0 Å². The van der Waals surface area contributed by atoms with E-state index in [0.29, 0.717) is 13.1 Å². The number of aromatic nitrogens is 1. The van der Waals surface area contributed by atoms with Crippen LogP contribution in [0, 0.1) is 0 Å². The van der Waals surface area contributed by atoms with Crippen molar-refractivity contribution >= 4 is 49.0 Å². The van der Waals surface area contributed by atoms with Crippen LogP contribution in [0.2, 0.25) is 0 Å². The Morgan fingerprint density at radius 2 is 1.63 bits per heavy atom. The van der Waals surface area contributed by atoms with Crippen molar-refractivity contribution in [2.24, 2.45) is 0 Å². The lowest BCUT2D eigenvalue weighted by molar-refractivity contribution is -0.673. The lowest BCUT2D eigenvalue weighted by Crippen LogP contribution is -2.39. The van der Waals surface area contributed by atoms with Gasteiger partial charge in [0.05, 0.1) is 15.9 Å². The van der Waals surface area contributed by atoms with Crippen LogP contribution >= 0.6 is 0 Å². The van der Waals surface area contributed by atoms with Gasteiger partial charge in [-0.2, -0.15) is 13.0 Å². The summed E-state index contributed by atoms with van der Waals surface area (Å²) in [6, 6.07) is 19.4. The monoisotopic (exact) mass is 514 g/mol. The van der Waals surface area contributed by atoms with Gasteiger partial charge in [0.25, 0.3) is 10.1 Å². The van der Waals surface area contributed by atoms with Crippen molar-refractivity contribution in [1.29, 1.82) is 0 Å². The molecule has 0 saturated heterocycles. The second kappa shape index (κ2) is 10.3. The van der Waals surface area contributed by atoms with Crippen LogP contribution in [-0.2, 0) is 26.8 Å². The maximum absolute atomic E-state index is 11.3. The molecule has 0 atom stereocenters. The number of anilines is 1. The molecule has 4 rings (SSSR count). The first-order valence-electron chi connectivity index (χ1n) is 11.2. The van der Waals surface area contributed by atoms with Crippen LogP contribution in [0.4, 0.5) is 5.69 Å². The summed E-state index contributed by atoms with van der Waals surface area (Å²) in [6.45, 7) is 0.708. The van der Waals surface area contributed by atoms with Gasteiger partial charge < -0.3 is 9.45 Å². The van der Waals surface area contributed by atoms with Crippen LogP contribution in [0.25, 0.3) is 23.1 Å². The Hall–Kier alpha value is -3.05. The Labute approximate surface area is 205 Å². The molecule has 184 valence electrons. The predicted molar refractivity (Wildman–Crippen MR) is 135 cm³/mol. The zero-order chi connectivity index (χ0) is 25.1. The molecule has 0 spiro atoms. The van der Waals surface area contributed by atoms with E-state index >= 15 is 0 Å². The van der Waals surface area contributed by atoms with Crippen LogP contribution in [0.5, 0.6) is 0 Å². The van der Waals surface area contributed by atoms with E-state index in [1.807, 2.05) is 88.4 Å². The molecule has 0 fully saturated rings. The highest BCUT2D eigenvalue weighted by Crippen LogP contribution is 2.31. The highest BCUT2D eigenvalue weighted by atomic mass is 32.2. The number of hydrogen-bond acceptors (Lipinski definition) is 6. The molecule has 0 unspecified atom stereocenters. The smallest absolute Gasteiger partial charge is 0.264 e. The number of rotatable bonds is 9. The van der Waals surface area contributed by atoms with Crippen molar-refractivity contribution < 1.29 is 30.5 Å². The molecule has 3 aromatic rings. The van der Waals surface area contributed by atoms with E-state index in [1.165, 1.54) is 0 Å². The zero-order valence-corrected chi connectivity index (χ0v) is 20.6. The minimum absolute atomic E-state index is 0.178. The summed E-state index contributed by atoms with van der Waals surface area (Å²) in [7, 11) is -8.39. The predicted octanol–water partition coefficient (Wildman–Crippen LogP) is 3.21. The Kier molecular flexibility index (Phi) is 7.36. The second-order valence-corrected chi connectivity index (χ2v) is 11.4. The van der Waals surface area contributed by atoms with E-state index < -0.39 is 26.0 Å². The first-order chi connectivity index (χ1) is 16.6. The van der Waals surface area contributed by atoms with Gasteiger partial charge in [-0.15, -0.1) is 0 Å². The highest BCUT2D eigenvalue weighted by molar-refractivity contribution is 7.85. The summed E-state index contributed by atoms with van der Waals surface area (Å²) in [5.41, 5.74) is 4.44. The van der Waals surface area contributed by atoms with Gasteiger partial charge in [-0.25, -0.2) is 8.42 Å². The fraction of sp³-hybridized carbons (Fsp3) is 0.240. The first-order valence-corrected chi connectivity index (χ1v) is 14.4. The van der Waals surface area contributed by atoms with Crippen molar-refractivity contribution in [3.05, 3.63) is 83.7 Å². The maximum atomic E-state index is 11.3. The quantitative estimate of drug-likeness (QED) is 0.344. The third-order valence-corrected chi connectivity index (χ3v) is 7.39. The van der Waals surface area contributed by atoms with Crippen LogP contribution in [-0.4, -0.2) is 44.0 Å². The number of allylic oxidation sites excluding steroid dienone is 1. The fourth-order valence-corrected chi connectivity index (χ4v) is 5.24. The third kappa shape index (κ3) is 6.55. The molecular formula is C25H26N2O6S2. The number of para-hydroxylation sites is 2. The van der Waals surface area contributed by atoms with Gasteiger partial charge in [0.1, 0.15) is 0 Å². The van der Waals surface area contributed by atoms with E-state index in [9.17, 15) is 25.9 Å². The number of nitrogens with zero attached hydrogens (tertiary/aromatic N) is 2. The Bertz CT molecular complexity index is 1510. The lowest BCUT2D eigenvalue weighted by atomic mass is 10.0. The third-order valence-electron chi connectivity index (χ3n) is 5.80. The summed E-state index contributed by atoms with van der Waals surface area (Å²) in [5.74, 6) is -0.795. The average molecular weight is 515 g/mol. The van der Waals surface area contributed by atoms with Gasteiger partial charge >= 0.3 is 0 Å². The van der Waals surface area contributed by atoms with E-state index in [-0.39, 0.29) is 18.6 Å². The highest BCUT2D eigenvalue weighted by Gasteiger charge is 2.21. The topological polar surface area (TPSA) is 119 Å². The molecule has 10 heteroatoms. The molecule has 0 radical (unpaired) electrons. The number of benzene rings is 2. The first kappa shape index (κ1) is 25.1. The summed E-state index contributed by atoms with van der Waals surface area (Å²) >= 11 is 0. The van der Waals surface area contributed by atoms with Gasteiger partial charge in [0.15, 0.2) is 6.54 Å². The molecule has 1 aromatic heterocycles. The SMILES string of the molecule is O=S(=O)([O-])CCC[n+]1c(/C=C2/C=Cc3ccccc3N2CCCS(=O)(=O)O)ccc2ccccc21. The summed E-state index contributed by atoms with van der Waals surface area (Å²) in [6.07, 6.45) is 6.29. The standard InChI is InChI=1S/C25H26N2O6S2/c28-34(29,30)17-5-15-26-22(13-11-20-7-1-3-9-24(20)26)19-23-14-12-21-8-2-4-10-25(21)27(23)16-6-18-35(31,32)33/h1-4,7-14,19H,5-6,15-18H2,(H-,28,29,30,31,32,33). The molecule has 8 nitrogen and oxygen atoms in total. The molecule has 0 aliphatic carbocycles. The zero-order valence-electron chi connectivity index (χ0n) is 18.9. The molecule has 2 heterocycles. The van der Waals surface area contributed by atoms with Gasteiger partial charge in [-0.3, -0.25) is 4.55 Å². The number of hydrogen-bond donors (Lipinski definition) is 1. The minimum atomic E-state index is -4.32. The number of aryl methyl sites for hydroxylation is 1. The Morgan fingerprint density at radius 1 is 0.886 bits per heavy atom. The van der Waals surface area contributed by atoms with Crippen molar-refractivity contribution in [3.8, 4) is 0 Å². The fourth-order valence-electron chi connectivity index (χ4n) is 4.26. The molecule has 0 amide bonds. The number of fused-ring (bicyclic) bond motifs is 2. The molecule has 0 saturated carbocycles. The normalized spacial score (nSPS) is 15.0. The molecule has 1 aliphatic rings. The van der Waals surface area contributed by atoms with Crippen LogP contribution in [0.3, 0.4) is 0 Å². The van der Waals surface area contributed by atoms with Gasteiger partial charge in [0.2, 0.25) is 11.2 Å². The number of pyridine rings is 1. The summed E-state index contributed by atoms with van der Waals surface area (Å²) in [4.78, 5) is 2.00. The summed E-state index contributed by atoms with van der Waals surface area (Å²) in [5, 5.41) is 0.981. The van der Waals surface area contributed by atoms with Gasteiger partial charge in [0, 0.05) is 53.7 Å². The van der Waals surface area contributed by atoms with E-state index in [0.717, 1.165) is 33.5 Å². The van der Waals surface area contributed by atoms with Crippen LogP contribution in [0.1, 0.15) is 24.1 Å². The van der Waals surface area contributed by atoms with Crippen molar-refractivity contribution in [1.82, 2.24) is 0 Å². The molecule has 1 aliphatic heterocycles. The van der Waals surface area contributed by atoms with Crippen LogP contribution in [0.15, 0.2) is 72.4 Å². The largest absolute Gasteiger partial charge is 0.748 e. The van der Waals surface area contributed by atoms with Crippen molar-refractivity contribution in [2.75, 3.05) is 23.0 Å². The molecule has 2 aromatic carbocycles. The maximum Gasteiger partial charge on any atom is 0.264 e. The Balaban J connectivity index is 1.74. The van der Waals surface area contributed by atoms with Crippen LogP contribution < -0.4 is 9.47 Å². The van der Waals surface area contributed by atoms with E-state index in [2.05, 4.69) is 0 Å². The van der Waals surface area contributed by atoms with Gasteiger partial charge in [-0.1, -0.05) is 36.4 Å². The molecular weight excluding hydrogens is 488 g/mol. The Morgan fingerprint density at radius 3 is 2.40 bits per heavy atom. The van der Waals surface area contributed by atoms with Gasteiger partial charge in [-0.05, 0) is 36.3 Å². The van der Waals surface area contributed by atoms with Crippen molar-refractivity contribution in [3.63, 3.8) is 0 Å². The molecule has 0 bridgehead atoms. The van der Waals surface area contributed by atoms with Crippen molar-refractivity contribution in [2.45, 2.75) is 19.4 Å². The lowest BCUT2D eigenvalue weighted by Gasteiger charge is -2.30. The molecule has 1 N–H and O–H groups in total. The molecule has 35 heavy (non-hydrogen) atoms. The minimum Gasteiger partial charge on any atom is -0.748 e. The average Bonchev–Trinajstić information content (AvgIpc) is 2.80. The summed E-state index contributed by atoms with van der Waals surface area (Å²) < 4.78 is 67.2. The van der Waals surface area contributed by atoms with E-state index in [4.69, 9.17) is 0 Å². The second-order valence-electron chi connectivity index (χ2n) is 8.34.